The summed E-state index contributed by atoms with van der Waals surface area (Å²) in [5.41, 5.74) is -0.192. The molecule has 2 unspecified atom stereocenters. The van der Waals surface area contributed by atoms with E-state index in [1.54, 1.807) is 14.0 Å². The molecule has 0 fully saturated rings. The molecule has 5 heteroatoms. The lowest BCUT2D eigenvalue weighted by Crippen LogP contribution is -2.45. The van der Waals surface area contributed by atoms with Crippen LogP contribution >= 0.6 is 0 Å². The molecule has 1 aromatic heterocycles. The Balaban J connectivity index is 1.86. The van der Waals surface area contributed by atoms with Gasteiger partial charge < -0.3 is 20.2 Å². The zero-order chi connectivity index (χ0) is 16.9. The molecule has 1 aliphatic rings. The molecule has 3 N–H and O–H groups in total. The van der Waals surface area contributed by atoms with Crippen LogP contribution in [-0.2, 0) is 5.60 Å². The first-order chi connectivity index (χ1) is 10.9. The zero-order valence-corrected chi connectivity index (χ0v) is 14.6. The zero-order valence-electron chi connectivity index (χ0n) is 14.6. The number of allylic oxidation sites excluding steroid dienone is 2. The molecular weight excluding hydrogens is 290 g/mol. The van der Waals surface area contributed by atoms with Gasteiger partial charge in [-0.15, -0.1) is 0 Å². The van der Waals surface area contributed by atoms with Crippen molar-refractivity contribution in [2.24, 2.45) is 10.9 Å². The fraction of sp³-hybridized carbons (Fsp3) is 0.611. The number of aryl methyl sites for hydroxylation is 2. The molecule has 0 aliphatic heterocycles. The lowest BCUT2D eigenvalue weighted by atomic mass is 9.94. The molecule has 1 aliphatic carbocycles. The molecule has 0 amide bonds. The first-order valence-electron chi connectivity index (χ1n) is 8.32. The number of nitrogens with zero attached hydrogens (tertiary/aromatic N) is 1. The highest BCUT2D eigenvalue weighted by Crippen LogP contribution is 2.26. The van der Waals surface area contributed by atoms with Crippen molar-refractivity contribution in [3.8, 4) is 0 Å². The number of nitrogens with one attached hydrogen (secondary N) is 2. The predicted octanol–water partition coefficient (Wildman–Crippen LogP) is 2.63. The van der Waals surface area contributed by atoms with E-state index in [2.05, 4.69) is 27.8 Å². The molecule has 0 radical (unpaired) electrons. The Morgan fingerprint density at radius 1 is 1.39 bits per heavy atom. The van der Waals surface area contributed by atoms with E-state index in [9.17, 15) is 5.11 Å². The highest BCUT2D eigenvalue weighted by Gasteiger charge is 2.27. The quantitative estimate of drug-likeness (QED) is 0.443. The van der Waals surface area contributed by atoms with Crippen LogP contribution < -0.4 is 10.6 Å². The molecule has 2 atom stereocenters. The molecule has 0 bridgehead atoms. The third-order valence-corrected chi connectivity index (χ3v) is 4.38. The van der Waals surface area contributed by atoms with Crippen LogP contribution in [-0.4, -0.2) is 31.2 Å². The molecule has 1 aromatic rings. The second kappa shape index (κ2) is 7.68. The van der Waals surface area contributed by atoms with Crippen molar-refractivity contribution in [1.82, 2.24) is 10.6 Å². The van der Waals surface area contributed by atoms with Crippen molar-refractivity contribution < 1.29 is 9.52 Å². The van der Waals surface area contributed by atoms with Gasteiger partial charge in [0.05, 0.1) is 6.54 Å². The number of hydrogen-bond acceptors (Lipinski definition) is 3. The van der Waals surface area contributed by atoms with E-state index in [1.165, 1.54) is 6.42 Å². The molecule has 0 saturated heterocycles. The minimum absolute atomic E-state index is 0.372. The first kappa shape index (κ1) is 17.6. The topological polar surface area (TPSA) is 69.8 Å². The lowest BCUT2D eigenvalue weighted by Gasteiger charge is -2.25. The summed E-state index contributed by atoms with van der Waals surface area (Å²) in [5.74, 6) is 2.94. The van der Waals surface area contributed by atoms with Crippen molar-refractivity contribution in [2.75, 3.05) is 20.1 Å². The average molecular weight is 319 g/mol. The summed E-state index contributed by atoms with van der Waals surface area (Å²) in [5, 5.41) is 17.3. The van der Waals surface area contributed by atoms with Crippen molar-refractivity contribution in [1.29, 1.82) is 0 Å². The number of hydrogen-bond donors (Lipinski definition) is 3. The van der Waals surface area contributed by atoms with Gasteiger partial charge in [0.15, 0.2) is 5.96 Å². The minimum Gasteiger partial charge on any atom is -0.466 e. The van der Waals surface area contributed by atoms with Crippen LogP contribution in [0.5, 0.6) is 0 Å². The van der Waals surface area contributed by atoms with Crippen molar-refractivity contribution >= 4 is 5.96 Å². The molecule has 0 aromatic carbocycles. The van der Waals surface area contributed by atoms with Crippen molar-refractivity contribution in [3.05, 3.63) is 35.3 Å². The van der Waals surface area contributed by atoms with Crippen molar-refractivity contribution in [2.45, 2.75) is 45.6 Å². The summed E-state index contributed by atoms with van der Waals surface area (Å²) in [7, 11) is 1.75. The number of furan rings is 1. The van der Waals surface area contributed by atoms with E-state index < -0.39 is 5.60 Å². The van der Waals surface area contributed by atoms with E-state index in [0.29, 0.717) is 12.5 Å². The molecule has 0 saturated carbocycles. The second-order valence-electron chi connectivity index (χ2n) is 6.56. The van der Waals surface area contributed by atoms with Gasteiger partial charge in [-0.1, -0.05) is 12.2 Å². The number of aliphatic hydroxyl groups is 1. The maximum atomic E-state index is 10.7. The van der Waals surface area contributed by atoms with Crippen LogP contribution in [0.1, 0.15) is 43.3 Å². The molecular formula is C18H29N3O2. The highest BCUT2D eigenvalue weighted by molar-refractivity contribution is 5.79. The molecule has 5 nitrogen and oxygen atoms in total. The summed E-state index contributed by atoms with van der Waals surface area (Å²) in [6.45, 7) is 6.82. The van der Waals surface area contributed by atoms with Gasteiger partial charge in [0.2, 0.25) is 0 Å². The van der Waals surface area contributed by atoms with Crippen LogP contribution in [0.25, 0.3) is 0 Å². The van der Waals surface area contributed by atoms with Gasteiger partial charge in [0, 0.05) is 19.2 Å². The van der Waals surface area contributed by atoms with E-state index in [1.807, 2.05) is 19.9 Å². The largest absolute Gasteiger partial charge is 0.466 e. The van der Waals surface area contributed by atoms with Crippen LogP contribution in [0, 0.1) is 19.8 Å². The normalized spacial score (nSPS) is 21.1. The van der Waals surface area contributed by atoms with Gasteiger partial charge in [0.25, 0.3) is 0 Å². The fourth-order valence-electron chi connectivity index (χ4n) is 3.02. The summed E-state index contributed by atoms with van der Waals surface area (Å²) in [6.07, 6.45) is 7.99. The Morgan fingerprint density at radius 2 is 2.17 bits per heavy atom. The molecule has 2 rings (SSSR count). The summed E-state index contributed by atoms with van der Waals surface area (Å²) in [6, 6.07) is 1.89. The Kier molecular flexibility index (Phi) is 5.88. The Labute approximate surface area is 138 Å². The van der Waals surface area contributed by atoms with Gasteiger partial charge in [0.1, 0.15) is 17.1 Å². The highest BCUT2D eigenvalue weighted by atomic mass is 16.3. The number of aliphatic imine (C=N–C) groups is 1. The molecule has 0 spiro atoms. The van der Waals surface area contributed by atoms with Crippen LogP contribution in [0.3, 0.4) is 0 Å². The van der Waals surface area contributed by atoms with Crippen LogP contribution in [0.15, 0.2) is 27.6 Å². The van der Waals surface area contributed by atoms with Gasteiger partial charge in [-0.3, -0.25) is 4.99 Å². The van der Waals surface area contributed by atoms with Crippen LogP contribution in [0.4, 0.5) is 0 Å². The van der Waals surface area contributed by atoms with E-state index in [-0.39, 0.29) is 0 Å². The lowest BCUT2D eigenvalue weighted by molar-refractivity contribution is 0.0601. The summed E-state index contributed by atoms with van der Waals surface area (Å²) < 4.78 is 5.52. The van der Waals surface area contributed by atoms with E-state index >= 15 is 0 Å². The smallest absolute Gasteiger partial charge is 0.191 e. The minimum atomic E-state index is -1.01. The Bertz CT molecular complexity index is 573. The fourth-order valence-corrected chi connectivity index (χ4v) is 3.02. The predicted molar refractivity (Wildman–Crippen MR) is 93.6 cm³/mol. The molecule has 128 valence electrons. The van der Waals surface area contributed by atoms with Crippen LogP contribution in [0.2, 0.25) is 0 Å². The first-order valence-corrected chi connectivity index (χ1v) is 8.32. The van der Waals surface area contributed by atoms with Gasteiger partial charge >= 0.3 is 0 Å². The maximum absolute atomic E-state index is 10.7. The number of guanidine groups is 1. The van der Waals surface area contributed by atoms with Gasteiger partial charge in [-0.25, -0.2) is 0 Å². The SMILES string of the molecule is CN=C(NCC1CC=CCC1)NCC(C)(O)c1cc(C)oc1C. The molecule has 23 heavy (non-hydrogen) atoms. The van der Waals surface area contributed by atoms with Gasteiger partial charge in [-0.2, -0.15) is 0 Å². The molecule has 1 heterocycles. The van der Waals surface area contributed by atoms with E-state index in [4.69, 9.17) is 4.42 Å². The van der Waals surface area contributed by atoms with Crippen molar-refractivity contribution in [3.63, 3.8) is 0 Å². The van der Waals surface area contributed by atoms with Gasteiger partial charge in [-0.05, 0) is 52.0 Å². The summed E-state index contributed by atoms with van der Waals surface area (Å²) >= 11 is 0. The second-order valence-corrected chi connectivity index (χ2v) is 6.56. The van der Waals surface area contributed by atoms with E-state index in [0.717, 1.165) is 42.4 Å². The third-order valence-electron chi connectivity index (χ3n) is 4.38. The Morgan fingerprint density at radius 3 is 2.74 bits per heavy atom. The third kappa shape index (κ3) is 4.86. The maximum Gasteiger partial charge on any atom is 0.191 e. The number of rotatable bonds is 5. The standard InChI is InChI=1S/C18H29N3O2/c1-13-10-16(14(2)23-13)18(3,22)12-21-17(19-4)20-11-15-8-6-5-7-9-15/h5-6,10,15,22H,7-9,11-12H2,1-4H3,(H2,19,20,21). The Hall–Kier alpha value is -1.75. The monoisotopic (exact) mass is 319 g/mol. The summed E-state index contributed by atoms with van der Waals surface area (Å²) in [4.78, 5) is 4.24. The average Bonchev–Trinajstić information content (AvgIpc) is 2.88.